The summed E-state index contributed by atoms with van der Waals surface area (Å²) >= 11 is 0. The van der Waals surface area contributed by atoms with Gasteiger partial charge in [-0.05, 0) is 43.2 Å². The van der Waals surface area contributed by atoms with E-state index in [2.05, 4.69) is 55.7 Å². The molecule has 0 spiro atoms. The highest BCUT2D eigenvalue weighted by molar-refractivity contribution is 5.46. The Labute approximate surface area is 135 Å². The lowest BCUT2D eigenvalue weighted by Gasteiger charge is -2.32. The van der Waals surface area contributed by atoms with Crippen LogP contribution in [0.3, 0.4) is 0 Å². The topological polar surface area (TPSA) is 0 Å². The average molecular weight is 290 g/mol. The molecule has 0 amide bonds. The second kappa shape index (κ2) is 8.44. The third kappa shape index (κ3) is 4.78. The molecule has 0 saturated heterocycles. The van der Waals surface area contributed by atoms with E-state index in [1.54, 1.807) is 0 Å². The standard InChI is InChI=1S/C22H26/c1-3-5-16-22(17-6-4-2)18-14-21(15-19-22)13-12-20-10-8-7-9-11-20/h3,7-11,14-15,18H,1,4-6,16-17,19H2,2H3. The molecule has 0 bridgehead atoms. The Kier molecular flexibility index (Phi) is 6.28. The third-order valence-corrected chi connectivity index (χ3v) is 4.34. The average Bonchev–Trinajstić information content (AvgIpc) is 2.59. The van der Waals surface area contributed by atoms with Crippen LogP contribution in [0, 0.1) is 17.3 Å². The van der Waals surface area contributed by atoms with Gasteiger partial charge in [0.1, 0.15) is 0 Å². The number of hydrogen-bond acceptors (Lipinski definition) is 0. The molecular formula is C22H26. The maximum absolute atomic E-state index is 3.87. The molecule has 0 N–H and O–H groups in total. The van der Waals surface area contributed by atoms with Gasteiger partial charge in [-0.25, -0.2) is 0 Å². The summed E-state index contributed by atoms with van der Waals surface area (Å²) < 4.78 is 0. The lowest BCUT2D eigenvalue weighted by molar-refractivity contribution is 0.315. The van der Waals surface area contributed by atoms with Gasteiger partial charge in [0.25, 0.3) is 0 Å². The van der Waals surface area contributed by atoms with Gasteiger partial charge in [-0.15, -0.1) is 6.58 Å². The second-order valence-corrected chi connectivity index (χ2v) is 6.11. The Morgan fingerprint density at radius 1 is 1.18 bits per heavy atom. The Bertz CT molecular complexity index is 592. The van der Waals surface area contributed by atoms with Gasteiger partial charge >= 0.3 is 0 Å². The summed E-state index contributed by atoms with van der Waals surface area (Å²) in [5.41, 5.74) is 2.54. The van der Waals surface area contributed by atoms with E-state index in [1.807, 2.05) is 24.3 Å². The fourth-order valence-electron chi connectivity index (χ4n) is 2.89. The van der Waals surface area contributed by atoms with Gasteiger partial charge < -0.3 is 0 Å². The van der Waals surface area contributed by atoms with Crippen LogP contribution in [0.25, 0.3) is 0 Å². The molecule has 1 unspecified atom stereocenters. The number of hydrogen-bond donors (Lipinski definition) is 0. The Morgan fingerprint density at radius 3 is 2.64 bits per heavy atom. The van der Waals surface area contributed by atoms with Crippen LogP contribution in [0.5, 0.6) is 0 Å². The lowest BCUT2D eigenvalue weighted by Crippen LogP contribution is -2.19. The van der Waals surface area contributed by atoms with Crippen molar-refractivity contribution in [2.24, 2.45) is 5.41 Å². The molecule has 1 aromatic carbocycles. The maximum atomic E-state index is 3.87. The van der Waals surface area contributed by atoms with Crippen LogP contribution < -0.4 is 0 Å². The highest BCUT2D eigenvalue weighted by Crippen LogP contribution is 2.39. The number of unbranched alkanes of at least 4 members (excludes halogenated alkanes) is 1. The van der Waals surface area contributed by atoms with Crippen molar-refractivity contribution < 1.29 is 0 Å². The molecule has 22 heavy (non-hydrogen) atoms. The molecule has 0 radical (unpaired) electrons. The van der Waals surface area contributed by atoms with Crippen LogP contribution in [0.4, 0.5) is 0 Å². The monoisotopic (exact) mass is 290 g/mol. The highest BCUT2D eigenvalue weighted by atomic mass is 14.3. The normalized spacial score (nSPS) is 20.0. The molecule has 1 aliphatic rings. The summed E-state index contributed by atoms with van der Waals surface area (Å²) in [6.07, 6.45) is 16.2. The molecular weight excluding hydrogens is 264 g/mol. The third-order valence-electron chi connectivity index (χ3n) is 4.34. The minimum atomic E-state index is 0.322. The van der Waals surface area contributed by atoms with Crippen molar-refractivity contribution in [1.29, 1.82) is 0 Å². The number of rotatable bonds is 6. The first-order valence-corrected chi connectivity index (χ1v) is 8.35. The molecule has 0 heteroatoms. The van der Waals surface area contributed by atoms with E-state index in [9.17, 15) is 0 Å². The van der Waals surface area contributed by atoms with E-state index < -0.39 is 0 Å². The summed E-state index contributed by atoms with van der Waals surface area (Å²) in [4.78, 5) is 0. The summed E-state index contributed by atoms with van der Waals surface area (Å²) in [5.74, 6) is 6.53. The van der Waals surface area contributed by atoms with Crippen molar-refractivity contribution >= 4 is 0 Å². The summed E-state index contributed by atoms with van der Waals surface area (Å²) in [6.45, 7) is 6.14. The van der Waals surface area contributed by atoms with Gasteiger partial charge in [-0.3, -0.25) is 0 Å². The minimum Gasteiger partial charge on any atom is -0.103 e. The largest absolute Gasteiger partial charge is 0.103 e. The van der Waals surface area contributed by atoms with Crippen molar-refractivity contribution in [1.82, 2.24) is 0 Å². The molecule has 0 aromatic heterocycles. The summed E-state index contributed by atoms with van der Waals surface area (Å²) in [7, 11) is 0. The molecule has 0 aliphatic heterocycles. The fraction of sp³-hybridized carbons (Fsp3) is 0.364. The molecule has 2 rings (SSSR count). The van der Waals surface area contributed by atoms with Crippen LogP contribution in [-0.4, -0.2) is 0 Å². The van der Waals surface area contributed by atoms with E-state index in [1.165, 1.54) is 25.7 Å². The van der Waals surface area contributed by atoms with Crippen molar-refractivity contribution in [3.8, 4) is 11.8 Å². The Hall–Kier alpha value is -2.00. The fourth-order valence-corrected chi connectivity index (χ4v) is 2.89. The smallest absolute Gasteiger partial charge is 0.0249 e. The van der Waals surface area contributed by atoms with Crippen molar-refractivity contribution in [2.45, 2.75) is 45.4 Å². The van der Waals surface area contributed by atoms with E-state index >= 15 is 0 Å². The first kappa shape index (κ1) is 16.4. The molecule has 1 atom stereocenters. The lowest BCUT2D eigenvalue weighted by atomic mass is 9.73. The van der Waals surface area contributed by atoms with Crippen molar-refractivity contribution in [2.75, 3.05) is 0 Å². The quantitative estimate of drug-likeness (QED) is 0.441. The summed E-state index contributed by atoms with van der Waals surface area (Å²) in [5, 5.41) is 0. The highest BCUT2D eigenvalue weighted by Gasteiger charge is 2.26. The first-order valence-electron chi connectivity index (χ1n) is 8.35. The maximum Gasteiger partial charge on any atom is 0.0249 e. The molecule has 0 heterocycles. The van der Waals surface area contributed by atoms with Crippen LogP contribution in [0.15, 0.2) is 66.8 Å². The zero-order valence-corrected chi connectivity index (χ0v) is 13.6. The molecule has 1 aromatic rings. The van der Waals surface area contributed by atoms with Gasteiger partial charge in [0, 0.05) is 11.1 Å². The molecule has 114 valence electrons. The molecule has 0 saturated carbocycles. The predicted molar refractivity (Wildman–Crippen MR) is 96.5 cm³/mol. The van der Waals surface area contributed by atoms with E-state index in [0.717, 1.165) is 24.0 Å². The Morgan fingerprint density at radius 2 is 2.00 bits per heavy atom. The van der Waals surface area contributed by atoms with Gasteiger partial charge in [0.2, 0.25) is 0 Å². The predicted octanol–water partition coefficient (Wildman–Crippen LogP) is 6.07. The van der Waals surface area contributed by atoms with Crippen molar-refractivity contribution in [3.05, 3.63) is 72.4 Å². The van der Waals surface area contributed by atoms with Gasteiger partial charge in [0.05, 0.1) is 0 Å². The van der Waals surface area contributed by atoms with Crippen LogP contribution in [-0.2, 0) is 0 Å². The number of allylic oxidation sites excluding steroid dienone is 5. The second-order valence-electron chi connectivity index (χ2n) is 6.11. The van der Waals surface area contributed by atoms with Crippen LogP contribution in [0.1, 0.15) is 51.0 Å². The van der Waals surface area contributed by atoms with E-state index in [4.69, 9.17) is 0 Å². The van der Waals surface area contributed by atoms with Crippen LogP contribution >= 0.6 is 0 Å². The van der Waals surface area contributed by atoms with Crippen molar-refractivity contribution in [3.63, 3.8) is 0 Å². The zero-order chi connectivity index (χ0) is 15.7. The first-order chi connectivity index (χ1) is 10.8. The summed E-state index contributed by atoms with van der Waals surface area (Å²) in [6, 6.07) is 10.2. The number of benzene rings is 1. The molecule has 0 nitrogen and oxygen atoms in total. The SMILES string of the molecule is C=CCCC1(CCCC)C=CC(C#Cc2ccccc2)=CC1. The van der Waals surface area contributed by atoms with E-state index in [-0.39, 0.29) is 0 Å². The van der Waals surface area contributed by atoms with Crippen LogP contribution in [0.2, 0.25) is 0 Å². The van der Waals surface area contributed by atoms with Gasteiger partial charge in [-0.2, -0.15) is 0 Å². The molecule has 1 aliphatic carbocycles. The zero-order valence-electron chi connectivity index (χ0n) is 13.6. The minimum absolute atomic E-state index is 0.322. The van der Waals surface area contributed by atoms with E-state index in [0.29, 0.717) is 5.41 Å². The van der Waals surface area contributed by atoms with Gasteiger partial charge in [0.15, 0.2) is 0 Å². The molecule has 0 fully saturated rings. The van der Waals surface area contributed by atoms with Gasteiger partial charge in [-0.1, -0.05) is 74.1 Å². The Balaban J connectivity index is 2.05.